The molecule has 0 heterocycles. The topological polar surface area (TPSA) is 110 Å². The van der Waals surface area contributed by atoms with E-state index < -0.39 is 17.1 Å². The number of aliphatic hydroxyl groups excluding tert-OH is 2. The predicted molar refractivity (Wildman–Crippen MR) is 53.1 cm³/mol. The Morgan fingerprint density at radius 3 is 2.33 bits per heavy atom. The van der Waals surface area contributed by atoms with Crippen LogP contribution in [0.4, 0.5) is 5.69 Å². The molecule has 0 spiro atoms. The fourth-order valence-electron chi connectivity index (χ4n) is 1.14. The summed E-state index contributed by atoms with van der Waals surface area (Å²) in [6, 6.07) is 4.61. The summed E-state index contributed by atoms with van der Waals surface area (Å²) in [7, 11) is 0. The summed E-state index contributed by atoms with van der Waals surface area (Å²) in [6.45, 7) is -0.349. The van der Waals surface area contributed by atoms with Crippen LogP contribution in [0.5, 0.6) is 0 Å². The maximum atomic E-state index is 10.4. The van der Waals surface area contributed by atoms with Crippen LogP contribution in [0.25, 0.3) is 0 Å². The van der Waals surface area contributed by atoms with E-state index in [0.717, 1.165) is 0 Å². The van der Waals surface area contributed by atoms with Crippen molar-refractivity contribution in [1.29, 1.82) is 0 Å². The predicted octanol–water partition coefficient (Wildman–Crippen LogP) is -0.0522. The highest BCUT2D eigenvalue weighted by Crippen LogP contribution is 2.19. The van der Waals surface area contributed by atoms with Gasteiger partial charge in [-0.05, 0) is 17.7 Å². The Bertz CT molecular complexity index is 338. The van der Waals surface area contributed by atoms with Crippen molar-refractivity contribution in [3.8, 4) is 0 Å². The van der Waals surface area contributed by atoms with Gasteiger partial charge in [0.15, 0.2) is 0 Å². The van der Waals surface area contributed by atoms with Crippen molar-refractivity contribution in [2.45, 2.75) is 12.1 Å². The summed E-state index contributed by atoms with van der Waals surface area (Å²) in [5.74, 6) is 0. The molecule has 0 amide bonds. The summed E-state index contributed by atoms with van der Waals surface area (Å²) in [6.07, 6.45) is -1.02. The monoisotopic (exact) mass is 212 g/mol. The number of non-ortho nitro benzene ring substituents is 1. The van der Waals surface area contributed by atoms with Gasteiger partial charge in [-0.2, -0.15) is 0 Å². The van der Waals surface area contributed by atoms with Crippen molar-refractivity contribution >= 4 is 5.69 Å². The van der Waals surface area contributed by atoms with E-state index in [1.807, 2.05) is 0 Å². The van der Waals surface area contributed by atoms with Crippen molar-refractivity contribution in [1.82, 2.24) is 0 Å². The molecule has 1 aromatic carbocycles. The van der Waals surface area contributed by atoms with Crippen LogP contribution in [-0.4, -0.2) is 27.8 Å². The molecule has 2 atom stereocenters. The van der Waals surface area contributed by atoms with E-state index in [2.05, 4.69) is 0 Å². The van der Waals surface area contributed by atoms with Gasteiger partial charge in [-0.25, -0.2) is 0 Å². The summed E-state index contributed by atoms with van der Waals surface area (Å²) in [4.78, 5) is 9.82. The van der Waals surface area contributed by atoms with Crippen molar-refractivity contribution < 1.29 is 15.1 Å². The number of nitro groups is 1. The molecule has 1 rings (SSSR count). The van der Waals surface area contributed by atoms with E-state index in [0.29, 0.717) is 5.56 Å². The Balaban J connectivity index is 2.84. The molecule has 0 saturated carbocycles. The van der Waals surface area contributed by atoms with E-state index in [-0.39, 0.29) is 12.3 Å². The molecule has 0 aromatic heterocycles. The van der Waals surface area contributed by atoms with Crippen LogP contribution < -0.4 is 5.73 Å². The van der Waals surface area contributed by atoms with Crippen LogP contribution in [0.1, 0.15) is 11.7 Å². The van der Waals surface area contributed by atoms with Crippen LogP contribution in [0.2, 0.25) is 0 Å². The molecular formula is C9H12N2O4. The van der Waals surface area contributed by atoms with Crippen molar-refractivity contribution in [3.63, 3.8) is 0 Å². The van der Waals surface area contributed by atoms with Gasteiger partial charge in [0.1, 0.15) is 0 Å². The number of aliphatic hydroxyl groups is 2. The average Bonchev–Trinajstić information content (AvgIpc) is 2.27. The van der Waals surface area contributed by atoms with Gasteiger partial charge < -0.3 is 15.9 Å². The molecule has 15 heavy (non-hydrogen) atoms. The van der Waals surface area contributed by atoms with Gasteiger partial charge >= 0.3 is 0 Å². The quantitative estimate of drug-likeness (QED) is 0.478. The highest BCUT2D eigenvalue weighted by molar-refractivity contribution is 5.34. The molecule has 82 valence electrons. The molecule has 0 aliphatic rings. The van der Waals surface area contributed by atoms with Crippen LogP contribution in [0.15, 0.2) is 24.3 Å². The van der Waals surface area contributed by atoms with Gasteiger partial charge in [-0.1, -0.05) is 0 Å². The van der Waals surface area contributed by atoms with E-state index in [4.69, 9.17) is 10.8 Å². The second-order valence-electron chi connectivity index (χ2n) is 3.14. The molecule has 0 radical (unpaired) electrons. The van der Waals surface area contributed by atoms with Crippen molar-refractivity contribution in [2.24, 2.45) is 5.73 Å². The van der Waals surface area contributed by atoms with E-state index >= 15 is 0 Å². The standard InChI is InChI=1S/C9H12N2O4/c10-8(5-12)9(13)6-1-3-7(4-2-6)11(14)15/h1-4,8-9,12-13H,5,10H2/t8?,9-/m0/s1. The molecule has 0 aliphatic heterocycles. The third-order valence-corrected chi connectivity index (χ3v) is 2.06. The van der Waals surface area contributed by atoms with Gasteiger partial charge in [0.05, 0.1) is 23.7 Å². The maximum absolute atomic E-state index is 10.4. The van der Waals surface area contributed by atoms with Gasteiger partial charge in [0, 0.05) is 12.1 Å². The Morgan fingerprint density at radius 2 is 1.93 bits per heavy atom. The Labute approximate surface area is 86.1 Å². The zero-order valence-corrected chi connectivity index (χ0v) is 7.91. The minimum atomic E-state index is -1.02. The van der Waals surface area contributed by atoms with E-state index in [1.165, 1.54) is 24.3 Å². The fourth-order valence-corrected chi connectivity index (χ4v) is 1.14. The zero-order chi connectivity index (χ0) is 11.4. The molecule has 0 saturated heterocycles. The van der Waals surface area contributed by atoms with Gasteiger partial charge in [-0.15, -0.1) is 0 Å². The minimum Gasteiger partial charge on any atom is -0.395 e. The maximum Gasteiger partial charge on any atom is 0.269 e. The number of nitro benzene ring substituents is 1. The lowest BCUT2D eigenvalue weighted by molar-refractivity contribution is -0.384. The number of nitrogens with zero attached hydrogens (tertiary/aromatic N) is 1. The van der Waals surface area contributed by atoms with E-state index in [9.17, 15) is 15.2 Å². The van der Waals surface area contributed by atoms with E-state index in [1.54, 1.807) is 0 Å². The highest BCUT2D eigenvalue weighted by atomic mass is 16.6. The number of nitrogens with two attached hydrogens (primary N) is 1. The lowest BCUT2D eigenvalue weighted by Crippen LogP contribution is -2.31. The van der Waals surface area contributed by atoms with Crippen molar-refractivity contribution in [3.05, 3.63) is 39.9 Å². The first-order chi connectivity index (χ1) is 7.06. The summed E-state index contributed by atoms with van der Waals surface area (Å²) in [5.41, 5.74) is 5.81. The second-order valence-corrected chi connectivity index (χ2v) is 3.14. The summed E-state index contributed by atoms with van der Waals surface area (Å²) >= 11 is 0. The first-order valence-electron chi connectivity index (χ1n) is 4.35. The smallest absolute Gasteiger partial charge is 0.269 e. The van der Waals surface area contributed by atoms with Crippen LogP contribution >= 0.6 is 0 Å². The number of benzene rings is 1. The summed E-state index contributed by atoms with van der Waals surface area (Å²) in [5, 5.41) is 28.6. The molecule has 0 aliphatic carbocycles. The molecule has 1 aromatic rings. The van der Waals surface area contributed by atoms with Crippen LogP contribution in [-0.2, 0) is 0 Å². The second kappa shape index (κ2) is 4.83. The Kier molecular flexibility index (Phi) is 3.73. The Hall–Kier alpha value is -1.50. The highest BCUT2D eigenvalue weighted by Gasteiger charge is 2.16. The zero-order valence-electron chi connectivity index (χ0n) is 7.91. The molecule has 0 fully saturated rings. The molecule has 4 N–H and O–H groups in total. The average molecular weight is 212 g/mol. The number of hydrogen-bond donors (Lipinski definition) is 3. The van der Waals surface area contributed by atoms with Crippen LogP contribution in [0, 0.1) is 10.1 Å². The Morgan fingerprint density at radius 1 is 1.40 bits per heavy atom. The first-order valence-corrected chi connectivity index (χ1v) is 4.35. The third-order valence-electron chi connectivity index (χ3n) is 2.06. The van der Waals surface area contributed by atoms with Gasteiger partial charge in [-0.3, -0.25) is 10.1 Å². The minimum absolute atomic E-state index is 0.0523. The van der Waals surface area contributed by atoms with Gasteiger partial charge in [0.25, 0.3) is 5.69 Å². The molecule has 6 heteroatoms. The third kappa shape index (κ3) is 2.72. The van der Waals surface area contributed by atoms with Crippen molar-refractivity contribution in [2.75, 3.05) is 6.61 Å². The molecular weight excluding hydrogens is 200 g/mol. The SMILES string of the molecule is NC(CO)[C@@H](O)c1ccc([N+](=O)[O-])cc1. The first kappa shape index (κ1) is 11.6. The molecule has 0 bridgehead atoms. The lowest BCUT2D eigenvalue weighted by Gasteiger charge is -2.16. The normalized spacial score (nSPS) is 14.6. The largest absolute Gasteiger partial charge is 0.395 e. The number of hydrogen-bond acceptors (Lipinski definition) is 5. The van der Waals surface area contributed by atoms with Gasteiger partial charge in [0.2, 0.25) is 0 Å². The lowest BCUT2D eigenvalue weighted by atomic mass is 10.0. The van der Waals surface area contributed by atoms with Crippen LogP contribution in [0.3, 0.4) is 0 Å². The fraction of sp³-hybridized carbons (Fsp3) is 0.333. The molecule has 1 unspecified atom stereocenters. The molecule has 6 nitrogen and oxygen atoms in total. The summed E-state index contributed by atoms with van der Waals surface area (Å²) < 4.78 is 0. The number of rotatable bonds is 4.